The number of hydrogen-bond donors (Lipinski definition) is 3. The number of amides is 2. The maximum Gasteiger partial charge on any atom is 0.257 e. The summed E-state index contributed by atoms with van der Waals surface area (Å²) in [5.74, 6) is 0.725. The van der Waals surface area contributed by atoms with Gasteiger partial charge in [0.1, 0.15) is 11.5 Å². The molecule has 4 N–H and O–H groups in total. The van der Waals surface area contributed by atoms with Crippen molar-refractivity contribution in [2.24, 2.45) is 0 Å². The number of rotatable bonds is 6. The topological polar surface area (TPSA) is 93.5 Å². The van der Waals surface area contributed by atoms with E-state index < -0.39 is 0 Å². The summed E-state index contributed by atoms with van der Waals surface area (Å²) in [6.07, 6.45) is 0. The summed E-state index contributed by atoms with van der Waals surface area (Å²) in [6, 6.07) is 29.9. The van der Waals surface area contributed by atoms with E-state index >= 15 is 0 Å². The lowest BCUT2D eigenvalue weighted by molar-refractivity contribution is 0.102. The third-order valence-electron chi connectivity index (χ3n) is 4.68. The highest BCUT2D eigenvalue weighted by molar-refractivity contribution is 6.12. The predicted molar refractivity (Wildman–Crippen MR) is 126 cm³/mol. The summed E-state index contributed by atoms with van der Waals surface area (Å²) in [4.78, 5) is 25.4. The molecule has 0 saturated carbocycles. The molecule has 0 aliphatic rings. The van der Waals surface area contributed by atoms with E-state index in [0.29, 0.717) is 33.9 Å². The SMILES string of the molecule is Nc1ccc(C(=O)Nc2ccccc2C(=O)Nc2ccc(Oc3ccccc3)cc2)cc1. The molecule has 4 aromatic rings. The normalized spacial score (nSPS) is 10.2. The monoisotopic (exact) mass is 423 g/mol. The Morgan fingerprint density at radius 3 is 1.97 bits per heavy atom. The Morgan fingerprint density at radius 2 is 1.25 bits per heavy atom. The number of nitrogens with one attached hydrogen (secondary N) is 2. The fourth-order valence-corrected chi connectivity index (χ4v) is 3.05. The van der Waals surface area contributed by atoms with Crippen LogP contribution in [0.4, 0.5) is 17.1 Å². The zero-order valence-corrected chi connectivity index (χ0v) is 17.1. The molecular formula is C26H21N3O3. The van der Waals surface area contributed by atoms with Crippen LogP contribution in [0.1, 0.15) is 20.7 Å². The van der Waals surface area contributed by atoms with Gasteiger partial charge in [-0.15, -0.1) is 0 Å². The number of ether oxygens (including phenoxy) is 1. The smallest absolute Gasteiger partial charge is 0.257 e. The Bertz CT molecular complexity index is 1220. The van der Waals surface area contributed by atoms with Gasteiger partial charge < -0.3 is 21.1 Å². The minimum absolute atomic E-state index is 0.326. The molecule has 32 heavy (non-hydrogen) atoms. The molecule has 0 saturated heterocycles. The maximum atomic E-state index is 12.9. The molecule has 0 atom stereocenters. The molecule has 0 fully saturated rings. The number of nitrogen functional groups attached to an aromatic ring is 1. The highest BCUT2D eigenvalue weighted by Gasteiger charge is 2.14. The van der Waals surface area contributed by atoms with Crippen molar-refractivity contribution in [3.63, 3.8) is 0 Å². The number of hydrogen-bond acceptors (Lipinski definition) is 4. The molecule has 0 radical (unpaired) electrons. The van der Waals surface area contributed by atoms with Crippen molar-refractivity contribution < 1.29 is 14.3 Å². The number of carbonyl (C=O) groups is 2. The van der Waals surface area contributed by atoms with Gasteiger partial charge in [-0.1, -0.05) is 30.3 Å². The molecule has 0 heterocycles. The van der Waals surface area contributed by atoms with E-state index in [2.05, 4.69) is 10.6 Å². The summed E-state index contributed by atoms with van der Waals surface area (Å²) in [5.41, 5.74) is 8.06. The van der Waals surface area contributed by atoms with E-state index in [0.717, 1.165) is 5.75 Å². The van der Waals surface area contributed by atoms with Gasteiger partial charge in [-0.2, -0.15) is 0 Å². The Kier molecular flexibility index (Phi) is 6.13. The molecule has 4 rings (SSSR count). The minimum Gasteiger partial charge on any atom is -0.457 e. The minimum atomic E-state index is -0.338. The van der Waals surface area contributed by atoms with Crippen LogP contribution in [0.25, 0.3) is 0 Å². The first-order chi connectivity index (χ1) is 15.6. The largest absolute Gasteiger partial charge is 0.457 e. The number of anilines is 3. The van der Waals surface area contributed by atoms with Gasteiger partial charge in [0.15, 0.2) is 0 Å². The average molecular weight is 423 g/mol. The van der Waals surface area contributed by atoms with Crippen molar-refractivity contribution in [1.82, 2.24) is 0 Å². The second kappa shape index (κ2) is 9.49. The van der Waals surface area contributed by atoms with Crippen LogP contribution in [-0.2, 0) is 0 Å². The first-order valence-electron chi connectivity index (χ1n) is 9.99. The van der Waals surface area contributed by atoms with Gasteiger partial charge in [0.25, 0.3) is 11.8 Å². The standard InChI is InChI=1S/C26H21N3O3/c27-19-12-10-18(11-13-19)25(30)29-24-9-5-4-8-23(24)26(31)28-20-14-16-22(17-15-20)32-21-6-2-1-3-7-21/h1-17H,27H2,(H,28,31)(H,29,30). The molecule has 158 valence electrons. The lowest BCUT2D eigenvalue weighted by Crippen LogP contribution is -2.18. The average Bonchev–Trinajstić information content (AvgIpc) is 2.82. The van der Waals surface area contributed by atoms with Crippen molar-refractivity contribution in [3.05, 3.63) is 114 Å². The summed E-state index contributed by atoms with van der Waals surface area (Å²) >= 11 is 0. The molecule has 2 amide bonds. The van der Waals surface area contributed by atoms with Gasteiger partial charge in [-0.3, -0.25) is 9.59 Å². The van der Waals surface area contributed by atoms with Gasteiger partial charge >= 0.3 is 0 Å². The Morgan fingerprint density at radius 1 is 0.625 bits per heavy atom. The van der Waals surface area contributed by atoms with Crippen molar-refractivity contribution in [2.75, 3.05) is 16.4 Å². The Balaban J connectivity index is 1.44. The maximum absolute atomic E-state index is 12.9. The van der Waals surface area contributed by atoms with Gasteiger partial charge in [-0.05, 0) is 72.8 Å². The third kappa shape index (κ3) is 5.12. The number of nitrogens with two attached hydrogens (primary N) is 1. The zero-order valence-electron chi connectivity index (χ0n) is 17.1. The van der Waals surface area contributed by atoms with E-state index in [-0.39, 0.29) is 11.8 Å². The lowest BCUT2D eigenvalue weighted by atomic mass is 10.1. The molecule has 0 bridgehead atoms. The summed E-state index contributed by atoms with van der Waals surface area (Å²) in [6.45, 7) is 0. The number of benzene rings is 4. The molecule has 6 heteroatoms. The second-order valence-electron chi connectivity index (χ2n) is 7.02. The van der Waals surface area contributed by atoms with E-state index in [1.165, 1.54) is 0 Å². The zero-order chi connectivity index (χ0) is 22.3. The van der Waals surface area contributed by atoms with Crippen LogP contribution in [0.5, 0.6) is 11.5 Å². The Labute approximate surface area is 185 Å². The van der Waals surface area contributed by atoms with Crippen LogP contribution in [0.2, 0.25) is 0 Å². The molecular weight excluding hydrogens is 402 g/mol. The van der Waals surface area contributed by atoms with Crippen LogP contribution in [0.15, 0.2) is 103 Å². The van der Waals surface area contributed by atoms with Gasteiger partial charge in [0.05, 0.1) is 11.3 Å². The summed E-state index contributed by atoms with van der Waals surface area (Å²) in [7, 11) is 0. The fraction of sp³-hybridized carbons (Fsp3) is 0. The lowest BCUT2D eigenvalue weighted by Gasteiger charge is -2.12. The fourth-order valence-electron chi connectivity index (χ4n) is 3.05. The van der Waals surface area contributed by atoms with Crippen LogP contribution in [0.3, 0.4) is 0 Å². The van der Waals surface area contributed by atoms with Gasteiger partial charge in [0.2, 0.25) is 0 Å². The van der Waals surface area contributed by atoms with Crippen LogP contribution in [0, 0.1) is 0 Å². The van der Waals surface area contributed by atoms with Crippen LogP contribution in [-0.4, -0.2) is 11.8 Å². The van der Waals surface area contributed by atoms with E-state index in [1.54, 1.807) is 72.8 Å². The van der Waals surface area contributed by atoms with E-state index in [9.17, 15) is 9.59 Å². The predicted octanol–water partition coefficient (Wildman–Crippen LogP) is 5.57. The van der Waals surface area contributed by atoms with Crippen LogP contribution >= 0.6 is 0 Å². The molecule has 0 aliphatic carbocycles. The Hall–Kier alpha value is -4.58. The summed E-state index contributed by atoms with van der Waals surface area (Å²) < 4.78 is 5.77. The van der Waals surface area contributed by atoms with Gasteiger partial charge in [0, 0.05) is 16.9 Å². The molecule has 4 aromatic carbocycles. The van der Waals surface area contributed by atoms with Crippen molar-refractivity contribution in [3.8, 4) is 11.5 Å². The quantitative estimate of drug-likeness (QED) is 0.354. The van der Waals surface area contributed by atoms with Crippen LogP contribution < -0.4 is 21.1 Å². The first-order valence-corrected chi connectivity index (χ1v) is 9.99. The van der Waals surface area contributed by atoms with Crippen molar-refractivity contribution >= 4 is 28.9 Å². The first kappa shape index (κ1) is 20.7. The molecule has 6 nitrogen and oxygen atoms in total. The number of para-hydroxylation sites is 2. The number of carbonyl (C=O) groups excluding carboxylic acids is 2. The van der Waals surface area contributed by atoms with E-state index in [1.807, 2.05) is 30.3 Å². The highest BCUT2D eigenvalue weighted by Crippen LogP contribution is 2.24. The second-order valence-corrected chi connectivity index (χ2v) is 7.02. The highest BCUT2D eigenvalue weighted by atomic mass is 16.5. The third-order valence-corrected chi connectivity index (χ3v) is 4.68. The molecule has 0 aromatic heterocycles. The molecule has 0 unspecified atom stereocenters. The van der Waals surface area contributed by atoms with Crippen molar-refractivity contribution in [1.29, 1.82) is 0 Å². The molecule has 0 spiro atoms. The molecule has 0 aliphatic heterocycles. The van der Waals surface area contributed by atoms with Gasteiger partial charge in [-0.25, -0.2) is 0 Å². The van der Waals surface area contributed by atoms with Crippen molar-refractivity contribution in [2.45, 2.75) is 0 Å². The van der Waals surface area contributed by atoms with E-state index in [4.69, 9.17) is 10.5 Å². The summed E-state index contributed by atoms with van der Waals surface area (Å²) in [5, 5.41) is 5.64.